The van der Waals surface area contributed by atoms with Gasteiger partial charge in [0, 0.05) is 0 Å². The van der Waals surface area contributed by atoms with E-state index in [1.807, 2.05) is 0 Å². The first-order valence-electron chi connectivity index (χ1n) is 5.36. The molecule has 1 aliphatic heterocycles. The second kappa shape index (κ2) is 5.80. The van der Waals surface area contributed by atoms with Crippen LogP contribution in [0.4, 0.5) is 0 Å². The molecular formula is C9H23AsN2O2Si. The first-order chi connectivity index (χ1) is 6.94. The molecule has 0 radical (unpaired) electrons. The van der Waals surface area contributed by atoms with Crippen molar-refractivity contribution in [2.24, 2.45) is 0 Å². The first-order valence-corrected chi connectivity index (χ1v) is 11.7. The molecule has 0 bridgehead atoms. The molecule has 1 aliphatic rings. The topological polar surface area (TPSA) is 24.9 Å². The van der Waals surface area contributed by atoms with Gasteiger partial charge in [0.15, 0.2) is 0 Å². The van der Waals surface area contributed by atoms with Gasteiger partial charge < -0.3 is 0 Å². The number of hydrogen-bond donors (Lipinski definition) is 0. The van der Waals surface area contributed by atoms with Crippen molar-refractivity contribution in [2.75, 3.05) is 40.4 Å². The van der Waals surface area contributed by atoms with Gasteiger partial charge in [-0.1, -0.05) is 0 Å². The van der Waals surface area contributed by atoms with Crippen LogP contribution in [0.25, 0.3) is 0 Å². The van der Waals surface area contributed by atoms with Crippen molar-refractivity contribution in [2.45, 2.75) is 18.8 Å². The van der Waals surface area contributed by atoms with Crippen LogP contribution in [0.5, 0.6) is 0 Å². The molecule has 15 heavy (non-hydrogen) atoms. The molecule has 1 saturated heterocycles. The van der Waals surface area contributed by atoms with Crippen LogP contribution < -0.4 is 0 Å². The van der Waals surface area contributed by atoms with Gasteiger partial charge in [-0.3, -0.25) is 0 Å². The van der Waals surface area contributed by atoms with Gasteiger partial charge in [0.1, 0.15) is 0 Å². The number of likely N-dealkylation sites (N-methyl/N-ethyl adjacent to an activating group) is 2. The fraction of sp³-hybridized carbons (Fsp3) is 1.00. The number of nitrogens with zero attached hydrogens (tertiary/aromatic N) is 2. The van der Waals surface area contributed by atoms with Gasteiger partial charge in [0.25, 0.3) is 0 Å². The van der Waals surface area contributed by atoms with Crippen molar-refractivity contribution < 1.29 is 7.45 Å². The Balaban J connectivity index is 2.61. The van der Waals surface area contributed by atoms with Crippen LogP contribution >= 0.6 is 0 Å². The Labute approximate surface area is 99.7 Å². The Bertz CT molecular complexity index is 189. The molecule has 0 saturated carbocycles. The standard InChI is InChI=1S/C9H23AsN2O2Si/c1-10-13-8-6-11(2)15(4,5)12(3)7-9-14-10/h6-9H2,1-5H3. The molecule has 0 N–H and O–H groups in total. The van der Waals surface area contributed by atoms with Crippen LogP contribution in [0.3, 0.4) is 0 Å². The van der Waals surface area contributed by atoms with Crippen molar-refractivity contribution in [3.05, 3.63) is 0 Å². The Morgan fingerprint density at radius 3 is 1.80 bits per heavy atom. The average Bonchev–Trinajstić information content (AvgIpc) is 2.16. The molecule has 4 nitrogen and oxygen atoms in total. The predicted molar refractivity (Wildman–Crippen MR) is 66.3 cm³/mol. The minimum atomic E-state index is -1.43. The summed E-state index contributed by atoms with van der Waals surface area (Å²) in [5.41, 5.74) is 2.11. The maximum atomic E-state index is 5.70. The van der Waals surface area contributed by atoms with E-state index >= 15 is 0 Å². The monoisotopic (exact) mass is 294 g/mol. The van der Waals surface area contributed by atoms with Crippen LogP contribution in [0.1, 0.15) is 0 Å². The van der Waals surface area contributed by atoms with E-state index in [0.717, 1.165) is 26.3 Å². The van der Waals surface area contributed by atoms with Gasteiger partial charge in [0.05, 0.1) is 0 Å². The molecule has 1 fully saturated rings. The van der Waals surface area contributed by atoms with Crippen LogP contribution in [0.15, 0.2) is 0 Å². The molecule has 0 aromatic carbocycles. The summed E-state index contributed by atoms with van der Waals surface area (Å²) in [6.45, 7) is 8.42. The average molecular weight is 294 g/mol. The summed E-state index contributed by atoms with van der Waals surface area (Å²) in [7, 11) is 2.99. The fourth-order valence-corrected chi connectivity index (χ4v) is 4.93. The van der Waals surface area contributed by atoms with Gasteiger partial charge in [-0.05, 0) is 0 Å². The third kappa shape index (κ3) is 3.84. The molecule has 1 heterocycles. The Hall–Kier alpha value is 0.615. The summed E-state index contributed by atoms with van der Waals surface area (Å²) in [5, 5.41) is 0. The number of rotatable bonds is 0. The summed E-state index contributed by atoms with van der Waals surface area (Å²) in [6.07, 6.45) is 0. The van der Waals surface area contributed by atoms with E-state index in [0.29, 0.717) is 0 Å². The molecule has 6 heteroatoms. The molecule has 1 rings (SSSR count). The van der Waals surface area contributed by atoms with Crippen molar-refractivity contribution in [1.29, 1.82) is 0 Å². The van der Waals surface area contributed by atoms with E-state index in [1.165, 1.54) is 0 Å². The van der Waals surface area contributed by atoms with Crippen molar-refractivity contribution >= 4 is 23.7 Å². The van der Waals surface area contributed by atoms with E-state index in [-0.39, 0.29) is 0 Å². The molecule has 0 atom stereocenters. The molecule has 0 aromatic rings. The Kier molecular flexibility index (Phi) is 5.29. The summed E-state index contributed by atoms with van der Waals surface area (Å²) in [4.78, 5) is 0. The summed E-state index contributed by atoms with van der Waals surface area (Å²) >= 11 is -1.42. The molecular weight excluding hydrogens is 271 g/mol. The second-order valence-electron chi connectivity index (χ2n) is 4.44. The van der Waals surface area contributed by atoms with Gasteiger partial charge in [0.2, 0.25) is 0 Å². The minimum absolute atomic E-state index is 0.817. The van der Waals surface area contributed by atoms with Crippen molar-refractivity contribution in [3.8, 4) is 0 Å². The van der Waals surface area contributed by atoms with E-state index in [2.05, 4.69) is 42.0 Å². The van der Waals surface area contributed by atoms with E-state index < -0.39 is 23.7 Å². The zero-order valence-electron chi connectivity index (χ0n) is 10.5. The molecule has 0 aliphatic carbocycles. The molecule has 90 valence electrons. The fourth-order valence-electron chi connectivity index (χ4n) is 1.49. The van der Waals surface area contributed by atoms with Gasteiger partial charge >= 0.3 is 99.5 Å². The SMILES string of the molecule is CN1CCO[As](C)OCCN(C)[Si]1(C)C. The Morgan fingerprint density at radius 2 is 1.40 bits per heavy atom. The maximum absolute atomic E-state index is 5.70. The summed E-state index contributed by atoms with van der Waals surface area (Å²) in [6, 6.07) is 0. The van der Waals surface area contributed by atoms with E-state index in [4.69, 9.17) is 7.45 Å². The normalized spacial score (nSPS) is 27.8. The second-order valence-corrected chi connectivity index (χ2v) is 11.9. The summed E-state index contributed by atoms with van der Waals surface area (Å²) in [5.74, 6) is 0. The van der Waals surface area contributed by atoms with Crippen LogP contribution in [0.2, 0.25) is 18.8 Å². The van der Waals surface area contributed by atoms with Gasteiger partial charge in [-0.2, -0.15) is 0 Å². The summed E-state index contributed by atoms with van der Waals surface area (Å²) < 4.78 is 16.4. The van der Waals surface area contributed by atoms with Crippen LogP contribution in [-0.4, -0.2) is 73.3 Å². The zero-order chi connectivity index (χ0) is 11.5. The van der Waals surface area contributed by atoms with Gasteiger partial charge in [-0.15, -0.1) is 0 Å². The third-order valence-electron chi connectivity index (χ3n) is 3.27. The molecule has 0 spiro atoms. The molecule has 0 aromatic heterocycles. The van der Waals surface area contributed by atoms with Crippen molar-refractivity contribution in [3.63, 3.8) is 0 Å². The van der Waals surface area contributed by atoms with E-state index in [9.17, 15) is 0 Å². The quantitative estimate of drug-likeness (QED) is 0.615. The first kappa shape index (κ1) is 13.7. The van der Waals surface area contributed by atoms with Gasteiger partial charge in [-0.25, -0.2) is 0 Å². The molecule has 0 unspecified atom stereocenters. The van der Waals surface area contributed by atoms with Crippen molar-refractivity contribution in [1.82, 2.24) is 9.13 Å². The van der Waals surface area contributed by atoms with Crippen LogP contribution in [0, 0.1) is 0 Å². The zero-order valence-corrected chi connectivity index (χ0v) is 13.4. The third-order valence-corrected chi connectivity index (χ3v) is 9.74. The predicted octanol–water partition coefficient (Wildman–Crippen LogP) is 0.717. The molecule has 0 amide bonds. The van der Waals surface area contributed by atoms with E-state index in [1.54, 1.807) is 0 Å². The number of hydrogen-bond acceptors (Lipinski definition) is 4. The van der Waals surface area contributed by atoms with Crippen LogP contribution in [-0.2, 0) is 7.45 Å². The Morgan fingerprint density at radius 1 is 1.00 bits per heavy atom.